The summed E-state index contributed by atoms with van der Waals surface area (Å²) >= 11 is 0. The van der Waals surface area contributed by atoms with Gasteiger partial charge in [-0.2, -0.15) is 0 Å². The van der Waals surface area contributed by atoms with Crippen LogP contribution >= 0.6 is 7.14 Å². The minimum Gasteiger partial charge on any atom is -0.402 e. The summed E-state index contributed by atoms with van der Waals surface area (Å²) in [5.41, 5.74) is -0.310. The normalized spacial score (nSPS) is 17.5. The molecule has 0 aromatic heterocycles. The highest BCUT2D eigenvalue weighted by atomic mass is 31.2. The highest BCUT2D eigenvalue weighted by molar-refractivity contribution is 7.70. The molecule has 0 spiro atoms. The summed E-state index contributed by atoms with van der Waals surface area (Å²) in [6.07, 6.45) is -4.77. The minimum atomic E-state index is -5.16. The molecule has 162 valence electrons. The van der Waals surface area contributed by atoms with Gasteiger partial charge in [-0.1, -0.05) is 24.3 Å². The van der Waals surface area contributed by atoms with E-state index in [1.807, 2.05) is 0 Å². The molecule has 0 radical (unpaired) electrons. The summed E-state index contributed by atoms with van der Waals surface area (Å²) in [6.45, 7) is 3.10. The van der Waals surface area contributed by atoms with Crippen molar-refractivity contribution in [2.24, 2.45) is 0 Å². The Labute approximate surface area is 171 Å². The van der Waals surface area contributed by atoms with E-state index in [4.69, 9.17) is 0 Å². The molecule has 1 fully saturated rings. The average Bonchev–Trinajstić information content (AvgIpc) is 3.02. The van der Waals surface area contributed by atoms with E-state index in [0.29, 0.717) is 11.7 Å². The second kappa shape index (κ2) is 8.04. The maximum atomic E-state index is 15.3. The molecule has 3 rings (SSSR count). The van der Waals surface area contributed by atoms with Crippen LogP contribution in [0.15, 0.2) is 36.4 Å². The van der Waals surface area contributed by atoms with E-state index >= 15 is 4.39 Å². The van der Waals surface area contributed by atoms with Gasteiger partial charge in [0.15, 0.2) is 11.6 Å². The van der Waals surface area contributed by atoms with Gasteiger partial charge in [0.25, 0.3) is 0 Å². The summed E-state index contributed by atoms with van der Waals surface area (Å²) in [7, 11) is -1.32. The van der Waals surface area contributed by atoms with Crippen molar-refractivity contribution in [3.63, 3.8) is 0 Å². The van der Waals surface area contributed by atoms with E-state index in [1.165, 1.54) is 37.6 Å². The smallest absolute Gasteiger partial charge is 0.402 e. The van der Waals surface area contributed by atoms with E-state index in [0.717, 1.165) is 4.90 Å². The molecule has 0 bridgehead atoms. The lowest BCUT2D eigenvalue weighted by Crippen LogP contribution is -2.36. The SMILES string of the molecule is CNC1CCN(c2ccc(-c3ccccc3P(C)(C)=O)c(OC(F)(F)F)c2F)C1=O. The van der Waals surface area contributed by atoms with Crippen LogP contribution in [0.5, 0.6) is 5.75 Å². The minimum absolute atomic E-state index is 0.155. The summed E-state index contributed by atoms with van der Waals surface area (Å²) in [5.74, 6) is -2.79. The molecular weight excluding hydrogens is 423 g/mol. The number of likely N-dealkylation sites (N-methyl/N-ethyl adjacent to an activating group) is 1. The highest BCUT2D eigenvalue weighted by Gasteiger charge is 2.38. The van der Waals surface area contributed by atoms with Crippen molar-refractivity contribution < 1.29 is 31.7 Å². The van der Waals surface area contributed by atoms with Gasteiger partial charge in [-0.3, -0.25) is 4.79 Å². The summed E-state index contributed by atoms with van der Waals surface area (Å²) in [6, 6.07) is 8.12. The lowest BCUT2D eigenvalue weighted by molar-refractivity contribution is -0.275. The van der Waals surface area contributed by atoms with Crippen molar-refractivity contribution in [1.82, 2.24) is 5.32 Å². The first-order valence-electron chi connectivity index (χ1n) is 9.16. The zero-order chi connectivity index (χ0) is 22.3. The van der Waals surface area contributed by atoms with Crippen LogP contribution < -0.4 is 20.3 Å². The number of anilines is 1. The first-order chi connectivity index (χ1) is 13.9. The Morgan fingerprint density at radius 2 is 1.80 bits per heavy atom. The molecule has 1 heterocycles. The van der Waals surface area contributed by atoms with Gasteiger partial charge in [0.05, 0.1) is 11.7 Å². The second-order valence-corrected chi connectivity index (χ2v) is 10.5. The Hall–Kier alpha value is -2.38. The highest BCUT2D eigenvalue weighted by Crippen LogP contribution is 2.44. The number of hydrogen-bond acceptors (Lipinski definition) is 4. The summed E-state index contributed by atoms with van der Waals surface area (Å²) in [4.78, 5) is 13.5. The maximum Gasteiger partial charge on any atom is 0.573 e. The fraction of sp³-hybridized carbons (Fsp3) is 0.350. The van der Waals surface area contributed by atoms with Gasteiger partial charge in [0, 0.05) is 17.4 Å². The topological polar surface area (TPSA) is 58.6 Å². The summed E-state index contributed by atoms with van der Waals surface area (Å²) < 4.78 is 71.4. The third-order valence-electron chi connectivity index (χ3n) is 4.91. The lowest BCUT2D eigenvalue weighted by atomic mass is 10.0. The second-order valence-electron chi connectivity index (χ2n) is 7.31. The number of alkyl halides is 3. The number of nitrogens with zero attached hydrogens (tertiary/aromatic N) is 1. The molecular formula is C20H21F4N2O3P. The molecule has 5 nitrogen and oxygen atoms in total. The molecule has 10 heteroatoms. The third kappa shape index (κ3) is 4.37. The number of carbonyl (C=O) groups is 1. The zero-order valence-electron chi connectivity index (χ0n) is 16.6. The Bertz CT molecular complexity index is 1020. The van der Waals surface area contributed by atoms with Crippen molar-refractivity contribution in [1.29, 1.82) is 0 Å². The van der Waals surface area contributed by atoms with E-state index in [1.54, 1.807) is 19.2 Å². The van der Waals surface area contributed by atoms with Gasteiger partial charge < -0.3 is 19.5 Å². The summed E-state index contributed by atoms with van der Waals surface area (Å²) in [5, 5.41) is 3.09. The van der Waals surface area contributed by atoms with E-state index < -0.39 is 37.0 Å². The van der Waals surface area contributed by atoms with Gasteiger partial charge in [-0.25, -0.2) is 4.39 Å². The Balaban J connectivity index is 2.20. The van der Waals surface area contributed by atoms with Gasteiger partial charge in [-0.05, 0) is 44.5 Å². The van der Waals surface area contributed by atoms with E-state index in [2.05, 4.69) is 10.1 Å². The molecule has 2 aromatic carbocycles. The first kappa shape index (κ1) is 22.3. The van der Waals surface area contributed by atoms with Gasteiger partial charge in [-0.15, -0.1) is 13.2 Å². The van der Waals surface area contributed by atoms with Gasteiger partial charge >= 0.3 is 6.36 Å². The van der Waals surface area contributed by atoms with Crippen molar-refractivity contribution >= 4 is 24.0 Å². The third-order valence-corrected chi connectivity index (χ3v) is 6.46. The molecule has 0 aliphatic carbocycles. The van der Waals surface area contributed by atoms with Gasteiger partial charge in [0.2, 0.25) is 5.91 Å². The van der Waals surface area contributed by atoms with Crippen molar-refractivity contribution in [2.45, 2.75) is 18.8 Å². The fourth-order valence-electron chi connectivity index (χ4n) is 3.54. The van der Waals surface area contributed by atoms with Crippen LogP contribution in [0.25, 0.3) is 11.1 Å². The average molecular weight is 444 g/mol. The van der Waals surface area contributed by atoms with Crippen LogP contribution in [0.1, 0.15) is 6.42 Å². The number of amides is 1. The predicted octanol–water partition coefficient (Wildman–Crippen LogP) is 3.96. The molecule has 1 aliphatic rings. The monoisotopic (exact) mass is 444 g/mol. The van der Waals surface area contributed by atoms with Crippen LogP contribution in [0, 0.1) is 5.82 Å². The standard InChI is InChI=1S/C20H21F4N2O3P/c1-25-14-10-11-26(19(14)27)15-9-8-13(18(17(15)21)29-20(22,23)24)12-6-4-5-7-16(12)30(2,3)28/h4-9,14,25H,10-11H2,1-3H3. The van der Waals surface area contributed by atoms with Crippen LogP contribution in [0.4, 0.5) is 23.2 Å². The van der Waals surface area contributed by atoms with Crippen LogP contribution in [0.2, 0.25) is 0 Å². The number of hydrogen-bond donors (Lipinski definition) is 1. The first-order valence-corrected chi connectivity index (χ1v) is 11.8. The Morgan fingerprint density at radius 3 is 2.37 bits per heavy atom. The van der Waals surface area contributed by atoms with Crippen LogP contribution in [-0.2, 0) is 9.36 Å². The quantitative estimate of drug-likeness (QED) is 0.560. The fourth-order valence-corrected chi connectivity index (χ4v) is 4.76. The largest absolute Gasteiger partial charge is 0.573 e. The van der Waals surface area contributed by atoms with Crippen molar-refractivity contribution in [3.05, 3.63) is 42.2 Å². The number of benzene rings is 2. The van der Waals surface area contributed by atoms with Crippen molar-refractivity contribution in [3.8, 4) is 16.9 Å². The molecule has 0 saturated carbocycles. The molecule has 2 aromatic rings. The number of ether oxygens (including phenoxy) is 1. The molecule has 1 amide bonds. The number of nitrogens with one attached hydrogen (secondary N) is 1. The van der Waals surface area contributed by atoms with E-state index in [9.17, 15) is 22.5 Å². The zero-order valence-corrected chi connectivity index (χ0v) is 17.5. The number of halogens is 4. The lowest BCUT2D eigenvalue weighted by Gasteiger charge is -2.22. The molecule has 30 heavy (non-hydrogen) atoms. The molecule has 1 saturated heterocycles. The van der Waals surface area contributed by atoms with Gasteiger partial charge in [0.1, 0.15) is 7.14 Å². The van der Waals surface area contributed by atoms with E-state index in [-0.39, 0.29) is 23.4 Å². The molecule has 1 N–H and O–H groups in total. The number of rotatable bonds is 5. The molecule has 1 atom stereocenters. The number of carbonyl (C=O) groups excluding carboxylic acids is 1. The predicted molar refractivity (Wildman–Crippen MR) is 107 cm³/mol. The molecule has 1 aliphatic heterocycles. The maximum absolute atomic E-state index is 15.3. The van der Waals surface area contributed by atoms with Crippen LogP contribution in [-0.4, -0.2) is 45.2 Å². The molecule has 1 unspecified atom stereocenters. The Kier molecular flexibility index (Phi) is 5.98. The Morgan fingerprint density at radius 1 is 1.13 bits per heavy atom. The van der Waals surface area contributed by atoms with Crippen LogP contribution in [0.3, 0.4) is 0 Å². The van der Waals surface area contributed by atoms with Crippen molar-refractivity contribution in [2.75, 3.05) is 31.8 Å².